The van der Waals surface area contributed by atoms with Crippen molar-refractivity contribution in [1.82, 2.24) is 0 Å². The lowest BCUT2D eigenvalue weighted by Crippen LogP contribution is -2.29. The fourth-order valence-corrected chi connectivity index (χ4v) is 2.88. The minimum absolute atomic E-state index is 0.282. The number of hydrogen-bond donors (Lipinski definition) is 1. The van der Waals surface area contributed by atoms with Gasteiger partial charge in [-0.25, -0.2) is 0 Å². The van der Waals surface area contributed by atoms with Crippen molar-refractivity contribution in [2.75, 3.05) is 0 Å². The summed E-state index contributed by atoms with van der Waals surface area (Å²) in [6.07, 6.45) is -0.229. The summed E-state index contributed by atoms with van der Waals surface area (Å²) in [6, 6.07) is 14.1. The third-order valence-electron chi connectivity index (χ3n) is 3.95. The van der Waals surface area contributed by atoms with Crippen molar-refractivity contribution in [3.05, 3.63) is 64.7 Å². The van der Waals surface area contributed by atoms with Crippen molar-refractivity contribution >= 4 is 9.47 Å². The zero-order valence-electron chi connectivity index (χ0n) is 14.0. The Hall–Kier alpha value is -1.41. The summed E-state index contributed by atoms with van der Waals surface area (Å²) in [5, 5.41) is 10.1. The molecule has 1 N–H and O–H groups in total. The van der Waals surface area contributed by atoms with Gasteiger partial charge < -0.3 is 14.4 Å². The Morgan fingerprint density at radius 2 is 1.83 bits per heavy atom. The Bertz CT molecular complexity index is 626. The maximum absolute atomic E-state index is 10.1. The topological polar surface area (TPSA) is 38.7 Å². The fourth-order valence-electron chi connectivity index (χ4n) is 2.67. The summed E-state index contributed by atoms with van der Waals surface area (Å²) in [5.41, 5.74) is 4.48. The van der Waals surface area contributed by atoms with Gasteiger partial charge in [-0.1, -0.05) is 36.4 Å². The van der Waals surface area contributed by atoms with E-state index < -0.39 is 6.10 Å². The zero-order chi connectivity index (χ0) is 16.8. The van der Waals surface area contributed by atoms with Crippen molar-refractivity contribution in [3.63, 3.8) is 0 Å². The molecule has 0 fully saturated rings. The minimum Gasteiger partial charge on any atom is -0.480 e. The third-order valence-corrected chi connectivity index (χ3v) is 4.21. The summed E-state index contributed by atoms with van der Waals surface area (Å²) in [4.78, 5) is 0. The van der Waals surface area contributed by atoms with Crippen LogP contribution in [0.1, 0.15) is 29.2 Å². The Labute approximate surface area is 140 Å². The first-order valence-electron chi connectivity index (χ1n) is 7.81. The van der Waals surface area contributed by atoms with Crippen LogP contribution < -0.4 is 4.52 Å². The largest absolute Gasteiger partial charge is 0.480 e. The standard InChI is InChI=1S/C19H25O3P/c1-13-9-14(2)17(19(10-13)22-23)11-18(15(3)20)21-12-16-7-5-4-6-8-16/h4-10,15,18,20H,11-12,23H2,1-3H3. The second-order valence-corrected chi connectivity index (χ2v) is 6.19. The monoisotopic (exact) mass is 332 g/mol. The van der Waals surface area contributed by atoms with Gasteiger partial charge in [-0.15, -0.1) is 0 Å². The molecule has 4 heteroatoms. The quantitative estimate of drug-likeness (QED) is 0.780. The Morgan fingerprint density at radius 1 is 1.13 bits per heavy atom. The molecule has 0 aliphatic rings. The van der Waals surface area contributed by atoms with E-state index in [2.05, 4.69) is 22.5 Å². The summed E-state index contributed by atoms with van der Waals surface area (Å²) >= 11 is 0. The molecule has 2 aromatic rings. The summed E-state index contributed by atoms with van der Waals surface area (Å²) in [5.74, 6) is 0.821. The van der Waals surface area contributed by atoms with Crippen LogP contribution in [0, 0.1) is 13.8 Å². The van der Waals surface area contributed by atoms with Crippen molar-refractivity contribution < 1.29 is 14.4 Å². The highest BCUT2D eigenvalue weighted by molar-refractivity contribution is 7.10. The number of rotatable bonds is 7. The zero-order valence-corrected chi connectivity index (χ0v) is 15.1. The molecular weight excluding hydrogens is 307 g/mol. The lowest BCUT2D eigenvalue weighted by Gasteiger charge is -2.23. The Morgan fingerprint density at radius 3 is 2.43 bits per heavy atom. The molecule has 0 amide bonds. The number of ether oxygens (including phenoxy) is 1. The van der Waals surface area contributed by atoms with Crippen LogP contribution in [0.25, 0.3) is 0 Å². The lowest BCUT2D eigenvalue weighted by atomic mass is 9.97. The van der Waals surface area contributed by atoms with E-state index in [9.17, 15) is 5.11 Å². The normalized spacial score (nSPS) is 13.6. The molecule has 2 rings (SSSR count). The van der Waals surface area contributed by atoms with Gasteiger partial charge in [0.2, 0.25) is 0 Å². The molecular formula is C19H25O3P. The highest BCUT2D eigenvalue weighted by Gasteiger charge is 2.20. The van der Waals surface area contributed by atoms with E-state index >= 15 is 0 Å². The van der Waals surface area contributed by atoms with Crippen LogP contribution in [0.5, 0.6) is 5.75 Å². The molecule has 3 nitrogen and oxygen atoms in total. The maximum atomic E-state index is 10.1. The average molecular weight is 332 g/mol. The molecule has 0 aliphatic heterocycles. The molecule has 0 saturated heterocycles. The molecule has 23 heavy (non-hydrogen) atoms. The molecule has 0 aliphatic carbocycles. The molecule has 0 spiro atoms. The van der Waals surface area contributed by atoms with Crippen LogP contribution in [0.4, 0.5) is 0 Å². The lowest BCUT2D eigenvalue weighted by molar-refractivity contribution is -0.0375. The van der Waals surface area contributed by atoms with Crippen LogP contribution in [0.3, 0.4) is 0 Å². The second kappa shape index (κ2) is 8.44. The summed E-state index contributed by atoms with van der Waals surface area (Å²) in [6.45, 7) is 6.35. The van der Waals surface area contributed by atoms with Crippen LogP contribution in [0.2, 0.25) is 0 Å². The van der Waals surface area contributed by atoms with E-state index in [1.54, 1.807) is 6.92 Å². The average Bonchev–Trinajstić information content (AvgIpc) is 2.53. The van der Waals surface area contributed by atoms with Crippen molar-refractivity contribution in [3.8, 4) is 5.75 Å². The van der Waals surface area contributed by atoms with Crippen LogP contribution in [-0.4, -0.2) is 17.3 Å². The maximum Gasteiger partial charge on any atom is 0.126 e. The molecule has 124 valence electrons. The SMILES string of the molecule is Cc1cc(C)c(CC(OCc2ccccc2)C(C)O)c(OP)c1. The van der Waals surface area contributed by atoms with Gasteiger partial charge in [0.25, 0.3) is 0 Å². The van der Waals surface area contributed by atoms with Crippen molar-refractivity contribution in [2.45, 2.75) is 46.0 Å². The van der Waals surface area contributed by atoms with E-state index in [1.165, 1.54) is 0 Å². The smallest absolute Gasteiger partial charge is 0.126 e. The molecule has 2 aromatic carbocycles. The van der Waals surface area contributed by atoms with E-state index in [1.807, 2.05) is 43.3 Å². The van der Waals surface area contributed by atoms with Gasteiger partial charge in [-0.05, 0) is 43.5 Å². The molecule has 3 atom stereocenters. The molecule has 0 bridgehead atoms. The minimum atomic E-state index is -0.559. The summed E-state index contributed by atoms with van der Waals surface area (Å²) < 4.78 is 11.4. The number of hydrogen-bond acceptors (Lipinski definition) is 3. The predicted molar refractivity (Wildman–Crippen MR) is 96.7 cm³/mol. The molecule has 0 saturated carbocycles. The van der Waals surface area contributed by atoms with Crippen LogP contribution >= 0.6 is 9.47 Å². The fraction of sp³-hybridized carbons (Fsp3) is 0.368. The Balaban J connectivity index is 2.14. The van der Waals surface area contributed by atoms with E-state index in [-0.39, 0.29) is 6.10 Å². The molecule has 0 heterocycles. The van der Waals surface area contributed by atoms with E-state index in [0.717, 1.165) is 28.0 Å². The van der Waals surface area contributed by atoms with Gasteiger partial charge in [0.15, 0.2) is 0 Å². The van der Waals surface area contributed by atoms with Crippen molar-refractivity contribution in [1.29, 1.82) is 0 Å². The van der Waals surface area contributed by atoms with Gasteiger partial charge >= 0.3 is 0 Å². The van der Waals surface area contributed by atoms with E-state index in [4.69, 9.17) is 9.26 Å². The first kappa shape index (κ1) is 17.9. The number of benzene rings is 2. The van der Waals surface area contributed by atoms with E-state index in [0.29, 0.717) is 13.0 Å². The third kappa shape index (κ3) is 5.04. The van der Waals surface area contributed by atoms with Crippen LogP contribution in [-0.2, 0) is 17.8 Å². The van der Waals surface area contributed by atoms with Crippen LogP contribution in [0.15, 0.2) is 42.5 Å². The molecule has 0 radical (unpaired) electrons. The number of aliphatic hydroxyl groups excluding tert-OH is 1. The number of aliphatic hydroxyl groups is 1. The van der Waals surface area contributed by atoms with Gasteiger partial charge in [0, 0.05) is 12.0 Å². The first-order valence-corrected chi connectivity index (χ1v) is 8.29. The Kier molecular flexibility index (Phi) is 6.59. The first-order chi connectivity index (χ1) is 11.0. The predicted octanol–water partition coefficient (Wildman–Crippen LogP) is 3.98. The van der Waals surface area contributed by atoms with Gasteiger partial charge in [-0.3, -0.25) is 0 Å². The molecule has 0 aromatic heterocycles. The highest BCUT2D eigenvalue weighted by Crippen LogP contribution is 2.28. The molecule has 3 unspecified atom stereocenters. The van der Waals surface area contributed by atoms with Crippen molar-refractivity contribution in [2.24, 2.45) is 0 Å². The van der Waals surface area contributed by atoms with Gasteiger partial charge in [-0.2, -0.15) is 0 Å². The van der Waals surface area contributed by atoms with Gasteiger partial charge in [0.1, 0.15) is 5.75 Å². The second-order valence-electron chi connectivity index (χ2n) is 5.96. The van der Waals surface area contributed by atoms with Gasteiger partial charge in [0.05, 0.1) is 28.3 Å². The highest BCUT2D eigenvalue weighted by atomic mass is 31.0. The number of aryl methyl sites for hydroxylation is 2. The summed E-state index contributed by atoms with van der Waals surface area (Å²) in [7, 11) is 2.30.